The summed E-state index contributed by atoms with van der Waals surface area (Å²) < 4.78 is 27.7. The van der Waals surface area contributed by atoms with Crippen molar-refractivity contribution < 1.29 is 13.7 Å². The normalized spacial score (nSPS) is 14.4. The van der Waals surface area contributed by atoms with E-state index >= 15 is 0 Å². The van der Waals surface area contributed by atoms with E-state index in [2.05, 4.69) is 9.35 Å². The molecule has 2 rings (SSSR count). The topological polar surface area (TPSA) is 86.3 Å². The van der Waals surface area contributed by atoms with Gasteiger partial charge in [-0.2, -0.15) is 5.26 Å². The molecule has 126 valence electrons. The van der Waals surface area contributed by atoms with E-state index in [9.17, 15) is 13.7 Å². The smallest absolute Gasteiger partial charge is 0.214 e. The Morgan fingerprint density at radius 3 is 2.50 bits per heavy atom. The summed E-state index contributed by atoms with van der Waals surface area (Å²) in [4.78, 5) is 4.26. The molecular weight excluding hydrogens is 329 g/mol. The summed E-state index contributed by atoms with van der Waals surface area (Å²) in [7, 11) is -2.59. The minimum Gasteiger partial charge on any atom is -0.388 e. The fraction of sp³-hybridized carbons (Fsp3) is 0.294. The van der Waals surface area contributed by atoms with Gasteiger partial charge in [0.15, 0.2) is 0 Å². The standard InChI is InChI=1S/C17H18FN3O2S/c1-24(23,21-12-19)11-16-7-6-15(10-20-16)13-2-4-14(5-3-13)17(22)8-9-18/h2-7,10,17,22H,8-9,11H2,1H3. The summed E-state index contributed by atoms with van der Waals surface area (Å²) in [6.07, 6.45) is 3.93. The van der Waals surface area contributed by atoms with E-state index < -0.39 is 22.5 Å². The Labute approximate surface area is 141 Å². The third-order valence-corrected chi connectivity index (χ3v) is 4.78. The SMILES string of the molecule is CS(=O)(Cc1ccc(-c2ccc(C(O)CCF)cc2)cn1)=NC#N. The highest BCUT2D eigenvalue weighted by molar-refractivity contribution is 7.92. The summed E-state index contributed by atoms with van der Waals surface area (Å²) in [5.74, 6) is 0.120. The number of benzene rings is 1. The average molecular weight is 347 g/mol. The van der Waals surface area contributed by atoms with Crippen LogP contribution in [-0.4, -0.2) is 27.2 Å². The second-order valence-corrected chi connectivity index (χ2v) is 7.84. The number of alkyl halides is 1. The maximum Gasteiger partial charge on any atom is 0.214 e. The first-order valence-corrected chi connectivity index (χ1v) is 9.41. The van der Waals surface area contributed by atoms with Crippen molar-refractivity contribution in [1.82, 2.24) is 4.98 Å². The van der Waals surface area contributed by atoms with Gasteiger partial charge in [-0.15, -0.1) is 4.36 Å². The van der Waals surface area contributed by atoms with Crippen molar-refractivity contribution in [2.24, 2.45) is 4.36 Å². The number of aliphatic hydroxyl groups excluding tert-OH is 1. The monoisotopic (exact) mass is 347 g/mol. The molecule has 0 aliphatic rings. The van der Waals surface area contributed by atoms with Gasteiger partial charge in [0.2, 0.25) is 6.19 Å². The molecule has 0 aliphatic carbocycles. The highest BCUT2D eigenvalue weighted by Gasteiger charge is 2.08. The van der Waals surface area contributed by atoms with Crippen molar-refractivity contribution >= 4 is 9.73 Å². The van der Waals surface area contributed by atoms with Crippen LogP contribution < -0.4 is 0 Å². The minimum absolute atomic E-state index is 0.0830. The molecule has 0 bridgehead atoms. The molecule has 0 radical (unpaired) electrons. The van der Waals surface area contributed by atoms with Crippen LogP contribution in [0.3, 0.4) is 0 Å². The molecule has 2 aromatic rings. The number of halogens is 1. The van der Waals surface area contributed by atoms with Crippen molar-refractivity contribution in [3.05, 3.63) is 53.9 Å². The number of nitrogens with zero attached hydrogens (tertiary/aromatic N) is 3. The molecule has 0 amide bonds. The third-order valence-electron chi connectivity index (χ3n) is 3.49. The predicted molar refractivity (Wildman–Crippen MR) is 91.0 cm³/mol. The molecule has 1 N–H and O–H groups in total. The zero-order valence-corrected chi connectivity index (χ0v) is 14.0. The van der Waals surface area contributed by atoms with Gasteiger partial charge in [-0.25, -0.2) is 4.21 Å². The van der Waals surface area contributed by atoms with Crippen LogP contribution in [0.1, 0.15) is 23.8 Å². The third kappa shape index (κ3) is 4.85. The Kier molecular flexibility index (Phi) is 6.01. The van der Waals surface area contributed by atoms with Gasteiger partial charge in [0.05, 0.1) is 34.0 Å². The number of aliphatic hydroxyl groups is 1. The number of pyridine rings is 1. The second-order valence-electron chi connectivity index (χ2n) is 5.45. The molecule has 0 saturated carbocycles. The van der Waals surface area contributed by atoms with Gasteiger partial charge < -0.3 is 5.11 Å². The van der Waals surface area contributed by atoms with E-state index in [-0.39, 0.29) is 12.2 Å². The van der Waals surface area contributed by atoms with Gasteiger partial charge in [0, 0.05) is 24.4 Å². The molecule has 2 atom stereocenters. The summed E-state index contributed by atoms with van der Waals surface area (Å²) in [5, 5.41) is 18.3. The average Bonchev–Trinajstić information content (AvgIpc) is 2.55. The summed E-state index contributed by atoms with van der Waals surface area (Å²) in [6.45, 7) is -0.562. The second kappa shape index (κ2) is 7.99. The first-order valence-electron chi connectivity index (χ1n) is 7.32. The van der Waals surface area contributed by atoms with Crippen molar-refractivity contribution in [2.45, 2.75) is 18.3 Å². The number of aromatic nitrogens is 1. The number of hydrogen-bond donors (Lipinski definition) is 1. The van der Waals surface area contributed by atoms with Crippen LogP contribution in [0.5, 0.6) is 0 Å². The Morgan fingerprint density at radius 1 is 1.29 bits per heavy atom. The van der Waals surface area contributed by atoms with Gasteiger partial charge in [0.25, 0.3) is 0 Å². The molecule has 24 heavy (non-hydrogen) atoms. The molecule has 0 spiro atoms. The lowest BCUT2D eigenvalue weighted by Crippen LogP contribution is -2.02. The van der Waals surface area contributed by atoms with E-state index in [1.165, 1.54) is 6.26 Å². The van der Waals surface area contributed by atoms with Crippen molar-refractivity contribution in [3.8, 4) is 17.3 Å². The highest BCUT2D eigenvalue weighted by Crippen LogP contribution is 2.23. The zero-order valence-electron chi connectivity index (χ0n) is 13.2. The molecule has 1 heterocycles. The number of rotatable bonds is 6. The summed E-state index contributed by atoms with van der Waals surface area (Å²) >= 11 is 0. The van der Waals surface area contributed by atoms with Crippen LogP contribution >= 0.6 is 0 Å². The largest absolute Gasteiger partial charge is 0.388 e. The maximum atomic E-state index is 12.3. The highest BCUT2D eigenvalue weighted by atomic mass is 32.2. The van der Waals surface area contributed by atoms with Gasteiger partial charge in [0.1, 0.15) is 0 Å². The van der Waals surface area contributed by atoms with E-state index in [0.29, 0.717) is 11.3 Å². The van der Waals surface area contributed by atoms with Crippen molar-refractivity contribution in [2.75, 3.05) is 12.9 Å². The van der Waals surface area contributed by atoms with Gasteiger partial charge in [-0.3, -0.25) is 9.37 Å². The lowest BCUT2D eigenvalue weighted by Gasteiger charge is -2.10. The Bertz CT molecular complexity index is 836. The predicted octanol–water partition coefficient (Wildman–Crippen LogP) is 3.22. The lowest BCUT2D eigenvalue weighted by molar-refractivity contribution is 0.156. The van der Waals surface area contributed by atoms with Crippen molar-refractivity contribution in [1.29, 1.82) is 5.26 Å². The minimum atomic E-state index is -2.59. The van der Waals surface area contributed by atoms with Crippen LogP contribution in [0, 0.1) is 11.5 Å². The first kappa shape index (κ1) is 18.0. The van der Waals surface area contributed by atoms with Crippen LogP contribution in [-0.2, 0) is 15.5 Å². The molecular formula is C17H18FN3O2S. The number of hydrogen-bond acceptors (Lipinski definition) is 5. The van der Waals surface area contributed by atoms with Crippen LogP contribution in [0.25, 0.3) is 11.1 Å². The Morgan fingerprint density at radius 2 is 1.96 bits per heavy atom. The summed E-state index contributed by atoms with van der Waals surface area (Å²) in [6, 6.07) is 10.8. The van der Waals surface area contributed by atoms with Gasteiger partial charge >= 0.3 is 0 Å². The molecule has 0 saturated heterocycles. The molecule has 2 unspecified atom stereocenters. The maximum absolute atomic E-state index is 12.3. The Balaban J connectivity index is 2.15. The van der Waals surface area contributed by atoms with E-state index in [0.717, 1.165) is 11.1 Å². The van der Waals surface area contributed by atoms with Crippen LogP contribution in [0.4, 0.5) is 4.39 Å². The van der Waals surface area contributed by atoms with Gasteiger partial charge in [-0.05, 0) is 17.2 Å². The van der Waals surface area contributed by atoms with Crippen LogP contribution in [0.2, 0.25) is 0 Å². The van der Waals surface area contributed by atoms with Gasteiger partial charge in [-0.1, -0.05) is 30.3 Å². The summed E-state index contributed by atoms with van der Waals surface area (Å²) in [5.41, 5.74) is 3.04. The van der Waals surface area contributed by atoms with E-state index in [4.69, 9.17) is 5.26 Å². The molecule has 1 aromatic carbocycles. The number of nitriles is 1. The fourth-order valence-electron chi connectivity index (χ4n) is 2.24. The Hall–Kier alpha value is -2.30. The molecule has 1 aromatic heterocycles. The molecule has 0 fully saturated rings. The van der Waals surface area contributed by atoms with E-state index in [1.807, 2.05) is 18.2 Å². The fourth-order valence-corrected chi connectivity index (χ4v) is 3.20. The molecule has 0 aliphatic heterocycles. The van der Waals surface area contributed by atoms with Crippen LogP contribution in [0.15, 0.2) is 47.0 Å². The quantitative estimate of drug-likeness (QED) is 0.813. The molecule has 7 heteroatoms. The van der Waals surface area contributed by atoms with E-state index in [1.54, 1.807) is 30.6 Å². The zero-order chi connectivity index (χ0) is 17.6. The first-order chi connectivity index (χ1) is 11.4. The molecule has 5 nitrogen and oxygen atoms in total. The lowest BCUT2D eigenvalue weighted by atomic mass is 10.0. The van der Waals surface area contributed by atoms with Crippen molar-refractivity contribution in [3.63, 3.8) is 0 Å².